The first-order chi connectivity index (χ1) is 10.5. The fourth-order valence-corrected chi connectivity index (χ4v) is 4.69. The van der Waals surface area contributed by atoms with Crippen LogP contribution in [0.2, 0.25) is 0 Å². The van der Waals surface area contributed by atoms with Crippen molar-refractivity contribution >= 4 is 27.2 Å². The van der Waals surface area contributed by atoms with E-state index in [4.69, 9.17) is 0 Å². The maximum atomic E-state index is 12.2. The number of thiophene rings is 1. The molecule has 9 heteroatoms. The Kier molecular flexibility index (Phi) is 4.02. The Hall–Kier alpha value is -1.71. The summed E-state index contributed by atoms with van der Waals surface area (Å²) >= 11 is 1.20. The van der Waals surface area contributed by atoms with Crippen LogP contribution in [-0.2, 0) is 17.1 Å². The third kappa shape index (κ3) is 3.06. The second kappa shape index (κ2) is 5.82. The fraction of sp³-hybridized carbons (Fsp3) is 0.385. The highest BCUT2D eigenvalue weighted by Gasteiger charge is 2.28. The summed E-state index contributed by atoms with van der Waals surface area (Å²) in [6.07, 6.45) is 0.703. The van der Waals surface area contributed by atoms with E-state index < -0.39 is 10.0 Å². The number of rotatable bonds is 4. The molecule has 0 spiro atoms. The minimum Gasteiger partial charge on any atom is -0.354 e. The van der Waals surface area contributed by atoms with Gasteiger partial charge in [-0.3, -0.25) is 4.79 Å². The van der Waals surface area contributed by atoms with Gasteiger partial charge in [-0.05, 0) is 23.9 Å². The smallest absolute Gasteiger partial charge is 0.266 e. The summed E-state index contributed by atoms with van der Waals surface area (Å²) < 4.78 is 28.8. The van der Waals surface area contributed by atoms with E-state index >= 15 is 0 Å². The second-order valence-corrected chi connectivity index (χ2v) is 8.03. The van der Waals surface area contributed by atoms with Gasteiger partial charge in [0.05, 0.1) is 0 Å². The van der Waals surface area contributed by atoms with Crippen LogP contribution in [0.15, 0.2) is 38.6 Å². The Labute approximate surface area is 132 Å². The highest BCUT2D eigenvalue weighted by Crippen LogP contribution is 2.20. The van der Waals surface area contributed by atoms with E-state index in [2.05, 4.69) is 9.82 Å². The molecule has 3 rings (SSSR count). The number of sulfonamides is 1. The van der Waals surface area contributed by atoms with Crippen molar-refractivity contribution in [2.75, 3.05) is 18.0 Å². The molecular formula is C13H16N4O3S2. The molecule has 1 fully saturated rings. The summed E-state index contributed by atoms with van der Waals surface area (Å²) in [5, 5.41) is 5.93. The van der Waals surface area contributed by atoms with Crippen molar-refractivity contribution < 1.29 is 8.42 Å². The predicted octanol–water partition coefficient (Wildman–Crippen LogP) is 0.399. The van der Waals surface area contributed by atoms with Crippen LogP contribution in [0.25, 0.3) is 0 Å². The lowest BCUT2D eigenvalue weighted by Crippen LogP contribution is -2.37. The normalized spacial score (nSPS) is 18.8. The van der Waals surface area contributed by atoms with Crippen molar-refractivity contribution in [2.24, 2.45) is 7.05 Å². The Morgan fingerprint density at radius 1 is 1.36 bits per heavy atom. The maximum Gasteiger partial charge on any atom is 0.266 e. The number of hydrogen-bond donors (Lipinski definition) is 1. The molecule has 0 saturated carbocycles. The molecule has 1 saturated heterocycles. The molecule has 0 radical (unpaired) electrons. The summed E-state index contributed by atoms with van der Waals surface area (Å²) in [6.45, 7) is 1.23. The Bertz CT molecular complexity index is 814. The van der Waals surface area contributed by atoms with Crippen molar-refractivity contribution in [3.05, 3.63) is 40.0 Å². The Morgan fingerprint density at radius 3 is 2.86 bits per heavy atom. The van der Waals surface area contributed by atoms with Gasteiger partial charge in [-0.1, -0.05) is 6.07 Å². The average Bonchev–Trinajstić information content (AvgIpc) is 3.12. The highest BCUT2D eigenvalue weighted by molar-refractivity contribution is 7.91. The van der Waals surface area contributed by atoms with Gasteiger partial charge in [-0.15, -0.1) is 11.3 Å². The molecule has 118 valence electrons. The van der Waals surface area contributed by atoms with Crippen molar-refractivity contribution in [1.29, 1.82) is 0 Å². The number of nitrogens with one attached hydrogen (secondary N) is 1. The van der Waals surface area contributed by atoms with Gasteiger partial charge >= 0.3 is 0 Å². The molecule has 1 unspecified atom stereocenters. The van der Waals surface area contributed by atoms with Crippen LogP contribution in [0.5, 0.6) is 0 Å². The SMILES string of the molecule is Cn1nc(N2CCC(NS(=O)(=O)c3cccs3)C2)ccc1=O. The monoisotopic (exact) mass is 340 g/mol. The first-order valence-corrected chi connectivity index (χ1v) is 9.17. The van der Waals surface area contributed by atoms with Gasteiger partial charge in [-0.25, -0.2) is 17.8 Å². The zero-order chi connectivity index (χ0) is 15.7. The molecule has 0 aliphatic carbocycles. The molecular weight excluding hydrogens is 324 g/mol. The van der Waals surface area contributed by atoms with Gasteiger partial charge in [-0.2, -0.15) is 5.10 Å². The van der Waals surface area contributed by atoms with Gasteiger partial charge in [0, 0.05) is 32.2 Å². The summed E-state index contributed by atoms with van der Waals surface area (Å²) in [5.74, 6) is 0.680. The second-order valence-electron chi connectivity index (χ2n) is 5.14. The molecule has 22 heavy (non-hydrogen) atoms. The van der Waals surface area contributed by atoms with Crippen LogP contribution >= 0.6 is 11.3 Å². The summed E-state index contributed by atoms with van der Waals surface area (Å²) in [6, 6.07) is 6.28. The van der Waals surface area contributed by atoms with E-state index in [1.54, 1.807) is 30.6 Å². The van der Waals surface area contributed by atoms with Crippen LogP contribution in [-0.4, -0.2) is 37.3 Å². The minimum absolute atomic E-state index is 0.161. The first kappa shape index (κ1) is 15.2. The lowest BCUT2D eigenvalue weighted by molar-refractivity contribution is 0.563. The lowest BCUT2D eigenvalue weighted by atomic mass is 10.3. The number of hydrogen-bond acceptors (Lipinski definition) is 6. The van der Waals surface area contributed by atoms with Crippen molar-refractivity contribution in [2.45, 2.75) is 16.7 Å². The molecule has 0 aromatic carbocycles. The highest BCUT2D eigenvalue weighted by atomic mass is 32.2. The summed E-state index contributed by atoms with van der Waals surface area (Å²) in [5.41, 5.74) is -0.169. The number of aromatic nitrogens is 2. The Balaban J connectivity index is 1.70. The van der Waals surface area contributed by atoms with E-state index in [1.807, 2.05) is 4.90 Å². The minimum atomic E-state index is -3.45. The first-order valence-electron chi connectivity index (χ1n) is 6.81. The summed E-state index contributed by atoms with van der Waals surface area (Å²) in [7, 11) is -1.86. The fourth-order valence-electron chi connectivity index (χ4n) is 2.42. The molecule has 1 aliphatic heterocycles. The van der Waals surface area contributed by atoms with E-state index in [9.17, 15) is 13.2 Å². The van der Waals surface area contributed by atoms with Crippen LogP contribution in [0.1, 0.15) is 6.42 Å². The molecule has 7 nitrogen and oxygen atoms in total. The zero-order valence-electron chi connectivity index (χ0n) is 12.0. The summed E-state index contributed by atoms with van der Waals surface area (Å²) in [4.78, 5) is 13.3. The van der Waals surface area contributed by atoms with Gasteiger partial charge in [0.15, 0.2) is 0 Å². The molecule has 1 aliphatic rings. The van der Waals surface area contributed by atoms with Gasteiger partial charge in [0.1, 0.15) is 10.0 Å². The van der Waals surface area contributed by atoms with Gasteiger partial charge in [0.25, 0.3) is 5.56 Å². The average molecular weight is 340 g/mol. The van der Waals surface area contributed by atoms with Crippen LogP contribution < -0.4 is 15.2 Å². The maximum absolute atomic E-state index is 12.2. The van der Waals surface area contributed by atoms with Crippen LogP contribution in [0.3, 0.4) is 0 Å². The molecule has 0 amide bonds. The van der Waals surface area contributed by atoms with Gasteiger partial charge < -0.3 is 4.90 Å². The van der Waals surface area contributed by atoms with E-state index in [0.29, 0.717) is 29.5 Å². The number of anilines is 1. The number of aryl methyl sites for hydroxylation is 1. The van der Waals surface area contributed by atoms with Crippen molar-refractivity contribution in [3.8, 4) is 0 Å². The van der Waals surface area contributed by atoms with Crippen LogP contribution in [0.4, 0.5) is 5.82 Å². The number of nitrogens with zero attached hydrogens (tertiary/aromatic N) is 3. The molecule has 3 heterocycles. The van der Waals surface area contributed by atoms with E-state index in [-0.39, 0.29) is 11.6 Å². The van der Waals surface area contributed by atoms with Crippen molar-refractivity contribution in [3.63, 3.8) is 0 Å². The molecule has 0 bridgehead atoms. The molecule has 1 N–H and O–H groups in total. The van der Waals surface area contributed by atoms with Crippen LogP contribution in [0, 0.1) is 0 Å². The Morgan fingerprint density at radius 2 is 2.18 bits per heavy atom. The lowest BCUT2D eigenvalue weighted by Gasteiger charge is -2.18. The predicted molar refractivity (Wildman–Crippen MR) is 84.7 cm³/mol. The van der Waals surface area contributed by atoms with E-state index in [0.717, 1.165) is 0 Å². The molecule has 2 aromatic heterocycles. The van der Waals surface area contributed by atoms with E-state index in [1.165, 1.54) is 22.1 Å². The topological polar surface area (TPSA) is 84.3 Å². The third-order valence-electron chi connectivity index (χ3n) is 3.54. The molecule has 2 aromatic rings. The van der Waals surface area contributed by atoms with Crippen molar-refractivity contribution in [1.82, 2.24) is 14.5 Å². The standard InChI is InChI=1S/C13H16N4O3S2/c1-16-12(18)5-4-11(14-16)17-7-6-10(9-17)15-22(19,20)13-3-2-8-21-13/h2-5,8,10,15H,6-7,9H2,1H3. The van der Waals surface area contributed by atoms with Gasteiger partial charge in [0.2, 0.25) is 10.0 Å². The quantitative estimate of drug-likeness (QED) is 0.871. The zero-order valence-corrected chi connectivity index (χ0v) is 13.6. The third-order valence-corrected chi connectivity index (χ3v) is 6.46. The molecule has 1 atom stereocenters. The largest absolute Gasteiger partial charge is 0.354 e.